The summed E-state index contributed by atoms with van der Waals surface area (Å²) in [4.78, 5) is 38.0. The highest BCUT2D eigenvalue weighted by atomic mass is 16.5. The monoisotopic (exact) mass is 482 g/mol. The van der Waals surface area contributed by atoms with E-state index in [1.54, 1.807) is 0 Å². The number of nitrogens with one attached hydrogen (secondary N) is 2. The zero-order valence-electron chi connectivity index (χ0n) is 20.7. The summed E-state index contributed by atoms with van der Waals surface area (Å²) in [5, 5.41) is 5.54. The molecule has 2 aliphatic rings. The quantitative estimate of drug-likeness (QED) is 0.580. The summed E-state index contributed by atoms with van der Waals surface area (Å²) < 4.78 is 10.5. The van der Waals surface area contributed by atoms with E-state index in [0.29, 0.717) is 50.8 Å². The summed E-state index contributed by atoms with van der Waals surface area (Å²) in [7, 11) is 1.42. The van der Waals surface area contributed by atoms with Gasteiger partial charge < -0.3 is 25.0 Å². The number of morpholine rings is 1. The number of ether oxygens (including phenoxy) is 2. The zero-order chi connectivity index (χ0) is 24.8. The average molecular weight is 483 g/mol. The molecular weight excluding hydrogens is 448 g/mol. The molecule has 0 bridgehead atoms. The van der Waals surface area contributed by atoms with Gasteiger partial charge in [0.2, 0.25) is 0 Å². The molecule has 0 radical (unpaired) electrons. The maximum absolute atomic E-state index is 11.8. The summed E-state index contributed by atoms with van der Waals surface area (Å²) in [6.45, 7) is 8.85. The van der Waals surface area contributed by atoms with Gasteiger partial charge in [0.25, 0.3) is 0 Å². The number of rotatable bonds is 7. The Kier molecular flexibility index (Phi) is 8.14. The van der Waals surface area contributed by atoms with Crippen LogP contribution in [0.3, 0.4) is 0 Å². The zero-order valence-corrected chi connectivity index (χ0v) is 20.7. The molecule has 1 saturated heterocycles. The second kappa shape index (κ2) is 11.5. The molecule has 10 heteroatoms. The third-order valence-electron chi connectivity index (χ3n) is 6.36. The second-order valence-electron chi connectivity index (χ2n) is 8.83. The van der Waals surface area contributed by atoms with E-state index in [1.165, 1.54) is 12.7 Å². The lowest BCUT2D eigenvalue weighted by Crippen LogP contribution is -2.45. The van der Waals surface area contributed by atoms with Crippen LogP contribution in [-0.4, -0.2) is 79.4 Å². The van der Waals surface area contributed by atoms with Crippen molar-refractivity contribution in [1.82, 2.24) is 20.2 Å². The van der Waals surface area contributed by atoms with Gasteiger partial charge in [-0.15, -0.1) is 0 Å². The first-order chi connectivity index (χ1) is 17.0. The third kappa shape index (κ3) is 6.07. The van der Waals surface area contributed by atoms with Crippen molar-refractivity contribution in [3.8, 4) is 11.4 Å². The minimum atomic E-state index is -0.235. The summed E-state index contributed by atoms with van der Waals surface area (Å²) in [5.41, 5.74) is 3.74. The molecule has 0 unspecified atom stereocenters. The molecule has 3 heterocycles. The van der Waals surface area contributed by atoms with Gasteiger partial charge in [0.15, 0.2) is 5.82 Å². The van der Waals surface area contributed by atoms with Crippen LogP contribution < -0.4 is 15.5 Å². The van der Waals surface area contributed by atoms with Gasteiger partial charge >= 0.3 is 12.0 Å². The number of urea groups is 1. The molecular formula is C25H34N6O4. The van der Waals surface area contributed by atoms with Gasteiger partial charge in [0.1, 0.15) is 5.82 Å². The van der Waals surface area contributed by atoms with Crippen molar-refractivity contribution in [2.24, 2.45) is 0 Å². The first-order valence-electron chi connectivity index (χ1n) is 12.2. The Balaban J connectivity index is 1.63. The van der Waals surface area contributed by atoms with Gasteiger partial charge in [-0.1, -0.05) is 0 Å². The van der Waals surface area contributed by atoms with Crippen molar-refractivity contribution in [3.63, 3.8) is 0 Å². The van der Waals surface area contributed by atoms with Crippen molar-refractivity contribution < 1.29 is 19.1 Å². The van der Waals surface area contributed by atoms with Crippen molar-refractivity contribution in [2.75, 3.05) is 56.7 Å². The number of fused-ring (bicyclic) bond motifs is 1. The number of anilines is 2. The first kappa shape index (κ1) is 24.9. The normalized spacial score (nSPS) is 18.0. The lowest BCUT2D eigenvalue weighted by atomic mass is 10.0. The van der Waals surface area contributed by atoms with Crippen LogP contribution in [0.4, 0.5) is 16.3 Å². The maximum atomic E-state index is 11.8. The van der Waals surface area contributed by atoms with Gasteiger partial charge in [-0.3, -0.25) is 9.69 Å². The minimum Gasteiger partial charge on any atom is -0.469 e. The molecule has 0 aliphatic carbocycles. The maximum Gasteiger partial charge on any atom is 0.319 e. The highest BCUT2D eigenvalue weighted by Crippen LogP contribution is 2.31. The van der Waals surface area contributed by atoms with Gasteiger partial charge in [-0.25, -0.2) is 14.8 Å². The van der Waals surface area contributed by atoms with E-state index in [0.717, 1.165) is 36.6 Å². The Morgan fingerprint density at radius 2 is 2.00 bits per heavy atom. The van der Waals surface area contributed by atoms with E-state index in [1.807, 2.05) is 31.2 Å². The molecule has 1 aromatic heterocycles. The van der Waals surface area contributed by atoms with Crippen LogP contribution in [0.5, 0.6) is 0 Å². The van der Waals surface area contributed by atoms with Crippen LogP contribution in [0.15, 0.2) is 24.3 Å². The van der Waals surface area contributed by atoms with Crippen LogP contribution in [0, 0.1) is 0 Å². The number of aromatic nitrogens is 2. The molecule has 1 fully saturated rings. The summed E-state index contributed by atoms with van der Waals surface area (Å²) in [6, 6.07) is 7.54. The Morgan fingerprint density at radius 3 is 2.71 bits per heavy atom. The first-order valence-corrected chi connectivity index (χ1v) is 12.2. The van der Waals surface area contributed by atoms with Gasteiger partial charge in [-0.05, 0) is 44.5 Å². The van der Waals surface area contributed by atoms with Crippen LogP contribution in [0.25, 0.3) is 11.4 Å². The number of benzene rings is 1. The van der Waals surface area contributed by atoms with Crippen molar-refractivity contribution in [1.29, 1.82) is 0 Å². The highest BCUT2D eigenvalue weighted by molar-refractivity contribution is 5.89. The fourth-order valence-corrected chi connectivity index (χ4v) is 4.45. The molecule has 2 aromatic rings. The Bertz CT molecular complexity index is 1040. The fourth-order valence-electron chi connectivity index (χ4n) is 4.45. The second-order valence-corrected chi connectivity index (χ2v) is 8.83. The van der Waals surface area contributed by atoms with Crippen LogP contribution in [0.1, 0.15) is 31.5 Å². The average Bonchev–Trinajstić information content (AvgIpc) is 2.87. The number of amides is 2. The van der Waals surface area contributed by atoms with E-state index in [2.05, 4.69) is 27.4 Å². The molecule has 2 N–H and O–H groups in total. The number of carbonyl (C=O) groups excluding carboxylic acids is 2. The number of hydrogen-bond donors (Lipinski definition) is 2. The minimum absolute atomic E-state index is 0.205. The van der Waals surface area contributed by atoms with Crippen molar-refractivity contribution in [3.05, 3.63) is 35.5 Å². The highest BCUT2D eigenvalue weighted by Gasteiger charge is 2.29. The number of methoxy groups -OCH3 is 1. The van der Waals surface area contributed by atoms with Crippen molar-refractivity contribution in [2.45, 2.75) is 39.3 Å². The molecule has 0 spiro atoms. The third-order valence-corrected chi connectivity index (χ3v) is 6.36. The molecule has 35 heavy (non-hydrogen) atoms. The van der Waals surface area contributed by atoms with Gasteiger partial charge in [-0.2, -0.15) is 0 Å². The molecule has 2 aliphatic heterocycles. The number of carbonyl (C=O) groups is 2. The largest absolute Gasteiger partial charge is 0.469 e. The van der Waals surface area contributed by atoms with Crippen molar-refractivity contribution >= 4 is 23.5 Å². The number of esters is 1. The van der Waals surface area contributed by atoms with Crippen LogP contribution in [0.2, 0.25) is 0 Å². The fraction of sp³-hybridized carbons (Fsp3) is 0.520. The Labute approximate surface area is 206 Å². The summed E-state index contributed by atoms with van der Waals surface area (Å²) in [5.74, 6) is 1.41. The predicted molar refractivity (Wildman–Crippen MR) is 133 cm³/mol. The van der Waals surface area contributed by atoms with E-state index in [4.69, 9.17) is 19.4 Å². The Hall–Kier alpha value is -3.24. The topological polar surface area (TPSA) is 109 Å². The number of hydrogen-bond acceptors (Lipinski definition) is 8. The lowest BCUT2D eigenvalue weighted by molar-refractivity contribution is -0.141. The molecule has 4 rings (SSSR count). The summed E-state index contributed by atoms with van der Waals surface area (Å²) >= 11 is 0. The van der Waals surface area contributed by atoms with E-state index >= 15 is 0 Å². The smallest absolute Gasteiger partial charge is 0.319 e. The standard InChI is InChI=1S/C25H34N6O4/c1-4-26-25(33)27-19-7-5-18(6-8-19)23-28-21-15-30(12-10-22(32)34-3)11-9-20(21)24(29-23)31-13-14-35-16-17(31)2/h5-8,17H,4,9-16H2,1-3H3,(H2,26,27,33)/t17-/m0/s1. The van der Waals surface area contributed by atoms with E-state index in [-0.39, 0.29) is 18.0 Å². The lowest BCUT2D eigenvalue weighted by Gasteiger charge is -2.37. The SMILES string of the molecule is CCNC(=O)Nc1ccc(-c2nc3c(c(N4CCOC[C@@H]4C)n2)CCN(CCC(=O)OC)C3)cc1. The number of nitrogens with zero attached hydrogens (tertiary/aromatic N) is 4. The predicted octanol–water partition coefficient (Wildman–Crippen LogP) is 2.43. The molecule has 1 aromatic carbocycles. The van der Waals surface area contributed by atoms with E-state index < -0.39 is 0 Å². The molecule has 2 amide bonds. The molecule has 10 nitrogen and oxygen atoms in total. The molecule has 188 valence electrons. The summed E-state index contributed by atoms with van der Waals surface area (Å²) in [6.07, 6.45) is 1.18. The van der Waals surface area contributed by atoms with Crippen LogP contribution in [-0.2, 0) is 27.2 Å². The molecule has 1 atom stereocenters. The van der Waals surface area contributed by atoms with Gasteiger partial charge in [0.05, 0.1) is 38.5 Å². The van der Waals surface area contributed by atoms with E-state index in [9.17, 15) is 9.59 Å². The molecule has 0 saturated carbocycles. The van der Waals surface area contributed by atoms with Crippen LogP contribution >= 0.6 is 0 Å². The van der Waals surface area contributed by atoms with Gasteiger partial charge in [0, 0.05) is 49.5 Å². The Morgan fingerprint density at radius 1 is 1.20 bits per heavy atom.